The minimum absolute atomic E-state index is 0.0775. The molecule has 0 radical (unpaired) electrons. The molecule has 0 saturated heterocycles. The van der Waals surface area contributed by atoms with Gasteiger partial charge in [-0.25, -0.2) is 13.1 Å². The number of aromatic amines is 1. The first-order valence-corrected chi connectivity index (χ1v) is 7.24. The van der Waals surface area contributed by atoms with Crippen molar-refractivity contribution >= 4 is 21.6 Å². The summed E-state index contributed by atoms with van der Waals surface area (Å²) in [6.45, 7) is 0.155. The third-order valence-corrected chi connectivity index (χ3v) is 4.30. The molecule has 0 aliphatic rings. The van der Waals surface area contributed by atoms with Crippen LogP contribution in [0.25, 0.3) is 0 Å². The van der Waals surface area contributed by atoms with Gasteiger partial charge in [0.2, 0.25) is 10.0 Å². The SMILES string of the molecule is Cn1cccc1CNS(=O)(=O)c1c[nH]c(=O)c(Cl)c1. The van der Waals surface area contributed by atoms with E-state index in [2.05, 4.69) is 9.71 Å². The lowest BCUT2D eigenvalue weighted by Gasteiger charge is -2.07. The van der Waals surface area contributed by atoms with E-state index < -0.39 is 15.6 Å². The predicted molar refractivity (Wildman–Crippen MR) is 71.5 cm³/mol. The van der Waals surface area contributed by atoms with Crippen molar-refractivity contribution in [3.05, 3.63) is 51.7 Å². The molecular weight excluding hydrogens is 290 g/mol. The number of nitrogens with zero attached hydrogens (tertiary/aromatic N) is 1. The quantitative estimate of drug-likeness (QED) is 0.878. The fourth-order valence-corrected chi connectivity index (χ4v) is 2.75. The summed E-state index contributed by atoms with van der Waals surface area (Å²) in [7, 11) is -1.89. The average molecular weight is 302 g/mol. The molecule has 0 atom stereocenters. The Labute approximate surface area is 115 Å². The van der Waals surface area contributed by atoms with Gasteiger partial charge in [0.05, 0.1) is 11.4 Å². The van der Waals surface area contributed by atoms with Gasteiger partial charge < -0.3 is 9.55 Å². The molecule has 0 fully saturated rings. The summed E-state index contributed by atoms with van der Waals surface area (Å²) in [6, 6.07) is 4.75. The van der Waals surface area contributed by atoms with Crippen molar-refractivity contribution in [2.75, 3.05) is 0 Å². The molecule has 0 aliphatic heterocycles. The zero-order valence-electron chi connectivity index (χ0n) is 10.1. The molecule has 2 aromatic heterocycles. The van der Waals surface area contributed by atoms with Gasteiger partial charge in [0.1, 0.15) is 5.02 Å². The van der Waals surface area contributed by atoms with Gasteiger partial charge in [-0.15, -0.1) is 0 Å². The van der Waals surface area contributed by atoms with E-state index >= 15 is 0 Å². The zero-order chi connectivity index (χ0) is 14.0. The van der Waals surface area contributed by atoms with Crippen LogP contribution in [-0.4, -0.2) is 18.0 Å². The molecule has 0 saturated carbocycles. The molecule has 102 valence electrons. The maximum absolute atomic E-state index is 12.0. The number of sulfonamides is 1. The summed E-state index contributed by atoms with van der Waals surface area (Å²) in [4.78, 5) is 13.3. The molecule has 0 bridgehead atoms. The number of pyridine rings is 1. The van der Waals surface area contributed by atoms with E-state index in [0.717, 1.165) is 18.0 Å². The number of H-pyrrole nitrogens is 1. The lowest BCUT2D eigenvalue weighted by Crippen LogP contribution is -2.25. The molecule has 8 heteroatoms. The van der Waals surface area contributed by atoms with Gasteiger partial charge in [0.25, 0.3) is 5.56 Å². The smallest absolute Gasteiger partial charge is 0.266 e. The van der Waals surface area contributed by atoms with Crippen LogP contribution in [0, 0.1) is 0 Å². The Kier molecular flexibility index (Phi) is 3.79. The maximum Gasteiger partial charge on any atom is 0.266 e. The molecule has 6 nitrogen and oxygen atoms in total. The van der Waals surface area contributed by atoms with E-state index in [1.807, 2.05) is 29.9 Å². The highest BCUT2D eigenvalue weighted by Crippen LogP contribution is 2.11. The van der Waals surface area contributed by atoms with Crippen molar-refractivity contribution in [1.29, 1.82) is 0 Å². The summed E-state index contributed by atoms with van der Waals surface area (Å²) in [5, 5.41) is -0.165. The average Bonchev–Trinajstić information content (AvgIpc) is 2.76. The highest BCUT2D eigenvalue weighted by Gasteiger charge is 2.15. The van der Waals surface area contributed by atoms with E-state index in [0.29, 0.717) is 0 Å². The Morgan fingerprint density at radius 3 is 2.79 bits per heavy atom. The summed E-state index contributed by atoms with van der Waals surface area (Å²) in [5.41, 5.74) is 0.294. The molecule has 2 heterocycles. The summed E-state index contributed by atoms with van der Waals surface area (Å²) in [5.74, 6) is 0. The van der Waals surface area contributed by atoms with E-state index in [1.54, 1.807) is 0 Å². The number of aryl methyl sites for hydroxylation is 1. The lowest BCUT2D eigenvalue weighted by atomic mass is 10.4. The fourth-order valence-electron chi connectivity index (χ4n) is 1.53. The highest BCUT2D eigenvalue weighted by molar-refractivity contribution is 7.89. The Bertz CT molecular complexity index is 749. The second-order valence-electron chi connectivity index (χ2n) is 3.95. The number of rotatable bonds is 4. The van der Waals surface area contributed by atoms with Crippen molar-refractivity contribution in [2.45, 2.75) is 11.4 Å². The second kappa shape index (κ2) is 5.20. The van der Waals surface area contributed by atoms with Crippen molar-refractivity contribution in [3.63, 3.8) is 0 Å². The number of aromatic nitrogens is 2. The van der Waals surface area contributed by atoms with E-state index in [1.165, 1.54) is 0 Å². The molecular formula is C11H12ClN3O3S. The van der Waals surface area contributed by atoms with Crippen LogP contribution >= 0.6 is 11.6 Å². The summed E-state index contributed by atoms with van der Waals surface area (Å²) in [6.07, 6.45) is 2.93. The Hall–Kier alpha value is -1.57. The van der Waals surface area contributed by atoms with Crippen molar-refractivity contribution < 1.29 is 8.42 Å². The van der Waals surface area contributed by atoms with Gasteiger partial charge in [0, 0.05) is 25.1 Å². The van der Waals surface area contributed by atoms with Crippen LogP contribution < -0.4 is 10.3 Å². The lowest BCUT2D eigenvalue weighted by molar-refractivity contribution is 0.578. The minimum atomic E-state index is -3.71. The Morgan fingerprint density at radius 1 is 1.47 bits per heavy atom. The molecule has 0 amide bonds. The van der Waals surface area contributed by atoms with Crippen LogP contribution in [0.5, 0.6) is 0 Å². The molecule has 19 heavy (non-hydrogen) atoms. The van der Waals surface area contributed by atoms with Crippen LogP contribution in [-0.2, 0) is 23.6 Å². The predicted octanol–water partition coefficient (Wildman–Crippen LogP) is 0.845. The fraction of sp³-hybridized carbons (Fsp3) is 0.182. The zero-order valence-corrected chi connectivity index (χ0v) is 11.6. The standard InChI is InChI=1S/C11H12ClN3O3S/c1-15-4-2-3-8(15)6-14-19(17,18)9-5-10(12)11(16)13-7-9/h2-5,7,14H,6H2,1H3,(H,13,16). The number of nitrogens with one attached hydrogen (secondary N) is 2. The molecule has 2 N–H and O–H groups in total. The number of halogens is 1. The third-order valence-electron chi connectivity index (χ3n) is 2.64. The van der Waals surface area contributed by atoms with Crippen molar-refractivity contribution in [3.8, 4) is 0 Å². The molecule has 0 aromatic carbocycles. The first-order valence-electron chi connectivity index (χ1n) is 5.38. The molecule has 0 spiro atoms. The van der Waals surface area contributed by atoms with Gasteiger partial charge in [0.15, 0.2) is 0 Å². The number of hydrogen-bond acceptors (Lipinski definition) is 3. The van der Waals surface area contributed by atoms with E-state index in [4.69, 9.17) is 11.6 Å². The monoisotopic (exact) mass is 301 g/mol. The third kappa shape index (κ3) is 3.06. The Morgan fingerprint density at radius 2 is 2.21 bits per heavy atom. The van der Waals surface area contributed by atoms with Crippen LogP contribution in [0.1, 0.15) is 5.69 Å². The minimum Gasteiger partial charge on any atom is -0.353 e. The van der Waals surface area contributed by atoms with Gasteiger partial charge >= 0.3 is 0 Å². The normalized spacial score (nSPS) is 11.7. The number of hydrogen-bond donors (Lipinski definition) is 2. The topological polar surface area (TPSA) is 84.0 Å². The molecule has 2 rings (SSSR count). The molecule has 0 unspecified atom stereocenters. The maximum atomic E-state index is 12.0. The van der Waals surface area contributed by atoms with Gasteiger partial charge in [-0.2, -0.15) is 0 Å². The van der Waals surface area contributed by atoms with Crippen LogP contribution in [0.2, 0.25) is 5.02 Å². The molecule has 2 aromatic rings. The van der Waals surface area contributed by atoms with Crippen LogP contribution in [0.3, 0.4) is 0 Å². The van der Waals surface area contributed by atoms with Gasteiger partial charge in [-0.05, 0) is 18.2 Å². The van der Waals surface area contributed by atoms with Crippen LogP contribution in [0.4, 0.5) is 0 Å². The van der Waals surface area contributed by atoms with Crippen molar-refractivity contribution in [1.82, 2.24) is 14.3 Å². The second-order valence-corrected chi connectivity index (χ2v) is 6.12. The van der Waals surface area contributed by atoms with E-state index in [9.17, 15) is 13.2 Å². The molecule has 0 aliphatic carbocycles. The first kappa shape index (κ1) is 13.9. The van der Waals surface area contributed by atoms with Gasteiger partial charge in [-0.1, -0.05) is 11.6 Å². The Balaban J connectivity index is 2.21. The summed E-state index contributed by atoms with van der Waals surface area (Å²) >= 11 is 5.60. The van der Waals surface area contributed by atoms with E-state index in [-0.39, 0.29) is 16.5 Å². The van der Waals surface area contributed by atoms with Crippen molar-refractivity contribution in [2.24, 2.45) is 7.05 Å². The summed E-state index contributed by atoms with van der Waals surface area (Å²) < 4.78 is 28.2. The highest BCUT2D eigenvalue weighted by atomic mass is 35.5. The largest absolute Gasteiger partial charge is 0.353 e. The first-order chi connectivity index (χ1) is 8.90. The van der Waals surface area contributed by atoms with Crippen LogP contribution in [0.15, 0.2) is 40.3 Å². The van der Waals surface area contributed by atoms with Gasteiger partial charge in [-0.3, -0.25) is 4.79 Å².